The van der Waals surface area contributed by atoms with E-state index >= 15 is 0 Å². The van der Waals surface area contributed by atoms with E-state index in [1.54, 1.807) is 11.8 Å². The molecule has 1 aromatic carbocycles. The Balaban J connectivity index is 2.47. The quantitative estimate of drug-likeness (QED) is 0.914. The molecule has 0 fully saturated rings. The van der Waals surface area contributed by atoms with Gasteiger partial charge in [-0.25, -0.2) is 4.98 Å². The van der Waals surface area contributed by atoms with Gasteiger partial charge < -0.3 is 10.5 Å². The number of nitrogens with zero attached hydrogens (tertiary/aromatic N) is 3. The maximum Gasteiger partial charge on any atom is 0.181 e. The van der Waals surface area contributed by atoms with E-state index < -0.39 is 0 Å². The first-order valence-electron chi connectivity index (χ1n) is 6.35. The highest BCUT2D eigenvalue weighted by atomic mass is 16.5. The minimum Gasteiger partial charge on any atom is -0.496 e. The molecule has 2 aromatic rings. The number of ether oxygens (including phenoxy) is 1. The lowest BCUT2D eigenvalue weighted by molar-refractivity contribution is 0.407. The van der Waals surface area contributed by atoms with Crippen LogP contribution in [-0.2, 0) is 13.6 Å². The zero-order chi connectivity index (χ0) is 14.0. The molecule has 0 atom stereocenters. The molecule has 2 rings (SSSR count). The van der Waals surface area contributed by atoms with Crippen LogP contribution in [0, 0.1) is 0 Å². The lowest BCUT2D eigenvalue weighted by Crippen LogP contribution is -2.05. The Morgan fingerprint density at radius 1 is 1.37 bits per heavy atom. The summed E-state index contributed by atoms with van der Waals surface area (Å²) in [5.74, 6) is 2.76. The van der Waals surface area contributed by atoms with Crippen molar-refractivity contribution >= 4 is 0 Å². The van der Waals surface area contributed by atoms with Crippen LogP contribution in [0.1, 0.15) is 31.2 Å². The van der Waals surface area contributed by atoms with Crippen molar-refractivity contribution in [2.75, 3.05) is 7.11 Å². The fraction of sp³-hybridized carbons (Fsp3) is 0.429. The van der Waals surface area contributed by atoms with Crippen molar-refractivity contribution in [3.63, 3.8) is 0 Å². The average Bonchev–Trinajstić information content (AvgIpc) is 2.79. The van der Waals surface area contributed by atoms with Crippen molar-refractivity contribution in [2.24, 2.45) is 12.8 Å². The minimum absolute atomic E-state index is 0.382. The van der Waals surface area contributed by atoms with E-state index in [9.17, 15) is 0 Å². The van der Waals surface area contributed by atoms with Crippen molar-refractivity contribution in [3.8, 4) is 17.1 Å². The molecule has 0 spiro atoms. The molecule has 0 aliphatic rings. The van der Waals surface area contributed by atoms with E-state index in [1.807, 2.05) is 19.2 Å². The van der Waals surface area contributed by atoms with Gasteiger partial charge in [0.2, 0.25) is 0 Å². The topological polar surface area (TPSA) is 66.0 Å². The van der Waals surface area contributed by atoms with Gasteiger partial charge in [0.1, 0.15) is 11.6 Å². The predicted molar refractivity (Wildman–Crippen MR) is 75.0 cm³/mol. The summed E-state index contributed by atoms with van der Waals surface area (Å²) in [5.41, 5.74) is 7.76. The molecule has 2 N–H and O–H groups in total. The smallest absolute Gasteiger partial charge is 0.181 e. The van der Waals surface area contributed by atoms with Crippen LogP contribution in [0.3, 0.4) is 0 Å². The summed E-state index contributed by atoms with van der Waals surface area (Å²) in [6, 6.07) is 6.02. The molecule has 5 nitrogen and oxygen atoms in total. The number of methoxy groups -OCH3 is 1. The Labute approximate surface area is 113 Å². The van der Waals surface area contributed by atoms with Crippen LogP contribution in [0.5, 0.6) is 5.75 Å². The molecule has 0 radical (unpaired) electrons. The van der Waals surface area contributed by atoms with Gasteiger partial charge in [-0.05, 0) is 29.7 Å². The van der Waals surface area contributed by atoms with Gasteiger partial charge in [0.25, 0.3) is 0 Å². The van der Waals surface area contributed by atoms with Crippen molar-refractivity contribution in [3.05, 3.63) is 29.6 Å². The molecule has 5 heteroatoms. The Morgan fingerprint density at radius 2 is 2.11 bits per heavy atom. The second kappa shape index (κ2) is 5.40. The first-order chi connectivity index (χ1) is 9.06. The van der Waals surface area contributed by atoms with Gasteiger partial charge in [0.05, 0.1) is 13.7 Å². The van der Waals surface area contributed by atoms with Crippen LogP contribution in [0.4, 0.5) is 0 Å². The molecule has 0 saturated carbocycles. The Bertz CT molecular complexity index is 575. The van der Waals surface area contributed by atoms with Crippen LogP contribution in [0.2, 0.25) is 0 Å². The normalized spacial score (nSPS) is 11.1. The molecule has 0 bridgehead atoms. The third-order valence-electron chi connectivity index (χ3n) is 3.15. The van der Waals surface area contributed by atoms with E-state index in [1.165, 1.54) is 0 Å². The zero-order valence-electron chi connectivity index (χ0n) is 11.8. The second-order valence-corrected chi connectivity index (χ2v) is 4.79. The van der Waals surface area contributed by atoms with Crippen LogP contribution in [0.25, 0.3) is 11.4 Å². The van der Waals surface area contributed by atoms with Gasteiger partial charge in [-0.1, -0.05) is 13.8 Å². The molecule has 19 heavy (non-hydrogen) atoms. The summed E-state index contributed by atoms with van der Waals surface area (Å²) in [6.07, 6.45) is 0. The SMILES string of the molecule is COc1ccc(-c2nc(CN)n(C)n2)cc1C(C)C. The van der Waals surface area contributed by atoms with Gasteiger partial charge in [-0.2, -0.15) is 5.10 Å². The maximum atomic E-state index is 5.62. The lowest BCUT2D eigenvalue weighted by Gasteiger charge is -2.12. The monoisotopic (exact) mass is 260 g/mol. The Morgan fingerprint density at radius 3 is 2.63 bits per heavy atom. The number of nitrogens with two attached hydrogens (primary N) is 1. The van der Waals surface area contributed by atoms with Crippen LogP contribution in [0.15, 0.2) is 18.2 Å². The highest BCUT2D eigenvalue weighted by Gasteiger charge is 2.13. The molecule has 1 aromatic heterocycles. The van der Waals surface area contributed by atoms with Crippen LogP contribution >= 0.6 is 0 Å². The van der Waals surface area contributed by atoms with Crippen molar-refractivity contribution in [2.45, 2.75) is 26.3 Å². The third-order valence-corrected chi connectivity index (χ3v) is 3.15. The van der Waals surface area contributed by atoms with E-state index in [4.69, 9.17) is 10.5 Å². The highest BCUT2D eigenvalue weighted by molar-refractivity contribution is 5.59. The third kappa shape index (κ3) is 2.61. The van der Waals surface area contributed by atoms with E-state index in [0.717, 1.165) is 22.7 Å². The van der Waals surface area contributed by atoms with Gasteiger partial charge in [0, 0.05) is 12.6 Å². The Kier molecular flexibility index (Phi) is 3.85. The molecule has 102 valence electrons. The summed E-state index contributed by atoms with van der Waals surface area (Å²) >= 11 is 0. The van der Waals surface area contributed by atoms with Crippen LogP contribution < -0.4 is 10.5 Å². The number of aryl methyl sites for hydroxylation is 1. The molecule has 1 heterocycles. The first-order valence-corrected chi connectivity index (χ1v) is 6.35. The number of rotatable bonds is 4. The van der Waals surface area contributed by atoms with Gasteiger partial charge in [0.15, 0.2) is 5.82 Å². The number of hydrogen-bond acceptors (Lipinski definition) is 4. The number of benzene rings is 1. The van der Waals surface area contributed by atoms with Crippen LogP contribution in [-0.4, -0.2) is 21.9 Å². The highest BCUT2D eigenvalue weighted by Crippen LogP contribution is 2.30. The standard InChI is InChI=1S/C14H20N4O/c1-9(2)11-7-10(5-6-12(11)19-4)14-16-13(8-15)18(3)17-14/h5-7,9H,8,15H2,1-4H3. The zero-order valence-corrected chi connectivity index (χ0v) is 11.8. The fourth-order valence-electron chi connectivity index (χ4n) is 2.04. The summed E-state index contributed by atoms with van der Waals surface area (Å²) in [6.45, 7) is 4.66. The minimum atomic E-state index is 0.382. The average molecular weight is 260 g/mol. The molecule has 0 unspecified atom stereocenters. The van der Waals surface area contributed by atoms with Crippen molar-refractivity contribution in [1.29, 1.82) is 0 Å². The Hall–Kier alpha value is -1.88. The van der Waals surface area contributed by atoms with E-state index in [2.05, 4.69) is 30.0 Å². The second-order valence-electron chi connectivity index (χ2n) is 4.79. The summed E-state index contributed by atoms with van der Waals surface area (Å²) in [5, 5.41) is 4.39. The van der Waals surface area contributed by atoms with E-state index in [0.29, 0.717) is 18.3 Å². The molecular formula is C14H20N4O. The summed E-state index contributed by atoms with van der Waals surface area (Å²) in [4.78, 5) is 4.44. The van der Waals surface area contributed by atoms with Gasteiger partial charge in [-0.3, -0.25) is 4.68 Å². The fourth-order valence-corrected chi connectivity index (χ4v) is 2.04. The van der Waals surface area contributed by atoms with Gasteiger partial charge in [-0.15, -0.1) is 0 Å². The van der Waals surface area contributed by atoms with Crippen molar-refractivity contribution in [1.82, 2.24) is 14.8 Å². The largest absolute Gasteiger partial charge is 0.496 e. The molecular weight excluding hydrogens is 240 g/mol. The maximum absolute atomic E-state index is 5.62. The molecule has 0 amide bonds. The van der Waals surface area contributed by atoms with Crippen molar-refractivity contribution < 1.29 is 4.74 Å². The summed E-state index contributed by atoms with van der Waals surface area (Å²) < 4.78 is 7.10. The van der Waals surface area contributed by atoms with Gasteiger partial charge >= 0.3 is 0 Å². The molecule has 0 aliphatic carbocycles. The lowest BCUT2D eigenvalue weighted by atomic mass is 9.99. The number of hydrogen-bond donors (Lipinski definition) is 1. The molecule has 0 saturated heterocycles. The molecule has 0 aliphatic heterocycles. The predicted octanol–water partition coefficient (Wildman–Crippen LogP) is 2.07. The van der Waals surface area contributed by atoms with E-state index in [-0.39, 0.29) is 0 Å². The first kappa shape index (κ1) is 13.5. The summed E-state index contributed by atoms with van der Waals surface area (Å²) in [7, 11) is 3.54. The number of aromatic nitrogens is 3.